The minimum atomic E-state index is -3.69. The Balaban J connectivity index is 1.54. The molecular weight excluding hydrogens is 458 g/mol. The van der Waals surface area contributed by atoms with Crippen LogP contribution in [0, 0.1) is 0 Å². The molecule has 1 N–H and O–H groups in total. The molecule has 1 aliphatic heterocycles. The molecule has 4 rings (SSSR count). The molecule has 0 saturated carbocycles. The van der Waals surface area contributed by atoms with Gasteiger partial charge in [-0.15, -0.1) is 0 Å². The number of fused-ring (bicyclic) bond motifs is 1. The molecule has 11 heteroatoms. The van der Waals surface area contributed by atoms with E-state index in [1.807, 2.05) is 0 Å². The summed E-state index contributed by atoms with van der Waals surface area (Å²) in [6.07, 6.45) is 0. The van der Waals surface area contributed by atoms with E-state index in [2.05, 4.69) is 5.16 Å². The molecule has 1 aliphatic rings. The second-order valence-electron chi connectivity index (χ2n) is 7.11. The molecule has 0 radical (unpaired) electrons. The SMILES string of the molecule is COc1ccc2/c(=N\O)cc(C(=O)N3CCN(S(=O)(=O)c4ccc(Cl)cc4)CC3)oc2c1. The first kappa shape index (κ1) is 22.1. The smallest absolute Gasteiger partial charge is 0.289 e. The molecule has 2 heterocycles. The highest BCUT2D eigenvalue weighted by atomic mass is 35.5. The Kier molecular flexibility index (Phi) is 6.09. The van der Waals surface area contributed by atoms with Gasteiger partial charge in [-0.3, -0.25) is 4.79 Å². The molecule has 0 bridgehead atoms. The van der Waals surface area contributed by atoms with Crippen LogP contribution in [0.15, 0.2) is 63.0 Å². The Morgan fingerprint density at radius 1 is 1.09 bits per heavy atom. The second kappa shape index (κ2) is 8.81. The zero-order valence-corrected chi connectivity index (χ0v) is 18.6. The standard InChI is InChI=1S/C21H20ClN3O6S/c1-30-15-4-7-17-18(23-27)13-20(31-19(17)12-15)21(26)24-8-10-25(11-9-24)32(28,29)16-5-2-14(22)3-6-16/h2-7,12-13,27H,8-11H2,1H3/b23-18-. The van der Waals surface area contributed by atoms with Crippen LogP contribution >= 0.6 is 11.6 Å². The summed E-state index contributed by atoms with van der Waals surface area (Å²) >= 11 is 5.84. The van der Waals surface area contributed by atoms with Crippen molar-refractivity contribution < 1.29 is 27.6 Å². The molecule has 1 amide bonds. The van der Waals surface area contributed by atoms with E-state index in [0.717, 1.165) is 0 Å². The number of benzene rings is 2. The lowest BCUT2D eigenvalue weighted by molar-refractivity contribution is 0.0666. The molecule has 2 aromatic carbocycles. The summed E-state index contributed by atoms with van der Waals surface area (Å²) in [5.74, 6) is 0.0754. The lowest BCUT2D eigenvalue weighted by Gasteiger charge is -2.33. The monoisotopic (exact) mass is 477 g/mol. The van der Waals surface area contributed by atoms with E-state index < -0.39 is 15.9 Å². The van der Waals surface area contributed by atoms with Crippen LogP contribution in [-0.4, -0.2) is 62.0 Å². The van der Waals surface area contributed by atoms with Crippen molar-refractivity contribution >= 4 is 38.5 Å². The fourth-order valence-corrected chi connectivity index (χ4v) is 5.05. The maximum atomic E-state index is 13.0. The van der Waals surface area contributed by atoms with Crippen LogP contribution in [0.5, 0.6) is 5.75 Å². The third-order valence-corrected chi connectivity index (χ3v) is 7.41. The van der Waals surface area contributed by atoms with E-state index in [-0.39, 0.29) is 42.2 Å². The number of halogens is 1. The molecule has 32 heavy (non-hydrogen) atoms. The highest BCUT2D eigenvalue weighted by Gasteiger charge is 2.31. The summed E-state index contributed by atoms with van der Waals surface area (Å²) in [5, 5.41) is 13.8. The van der Waals surface area contributed by atoms with Gasteiger partial charge in [-0.25, -0.2) is 8.42 Å². The van der Waals surface area contributed by atoms with E-state index in [0.29, 0.717) is 21.7 Å². The van der Waals surface area contributed by atoms with Gasteiger partial charge in [-0.1, -0.05) is 16.8 Å². The molecule has 1 aromatic heterocycles. The lowest BCUT2D eigenvalue weighted by Crippen LogP contribution is -2.50. The first-order valence-electron chi connectivity index (χ1n) is 9.68. The maximum absolute atomic E-state index is 13.0. The number of nitrogens with zero attached hydrogens (tertiary/aromatic N) is 3. The van der Waals surface area contributed by atoms with Gasteiger partial charge in [-0.05, 0) is 36.4 Å². The number of hydrogen-bond donors (Lipinski definition) is 1. The Bertz CT molecular complexity index is 1330. The number of amides is 1. The second-order valence-corrected chi connectivity index (χ2v) is 9.48. The molecule has 0 unspecified atom stereocenters. The van der Waals surface area contributed by atoms with Crippen LogP contribution < -0.4 is 10.1 Å². The van der Waals surface area contributed by atoms with Crippen LogP contribution in [0.4, 0.5) is 0 Å². The summed E-state index contributed by atoms with van der Waals surface area (Å²) < 4.78 is 37.9. The first-order chi connectivity index (χ1) is 15.3. The zero-order chi connectivity index (χ0) is 22.9. The Morgan fingerprint density at radius 3 is 2.41 bits per heavy atom. The number of carbonyl (C=O) groups is 1. The van der Waals surface area contributed by atoms with Crippen molar-refractivity contribution in [3.05, 3.63) is 64.7 Å². The zero-order valence-electron chi connectivity index (χ0n) is 17.1. The predicted molar refractivity (Wildman–Crippen MR) is 116 cm³/mol. The largest absolute Gasteiger partial charge is 0.497 e. The van der Waals surface area contributed by atoms with Crippen molar-refractivity contribution in [2.45, 2.75) is 4.90 Å². The van der Waals surface area contributed by atoms with Crippen molar-refractivity contribution in [1.82, 2.24) is 9.21 Å². The molecule has 3 aromatic rings. The molecule has 0 aliphatic carbocycles. The van der Waals surface area contributed by atoms with Crippen LogP contribution in [0.25, 0.3) is 11.0 Å². The van der Waals surface area contributed by atoms with Gasteiger partial charge < -0.3 is 19.3 Å². The predicted octanol–water partition coefficient (Wildman–Crippen LogP) is 2.53. The number of ether oxygens (including phenoxy) is 1. The van der Waals surface area contributed by atoms with E-state index >= 15 is 0 Å². The summed E-state index contributed by atoms with van der Waals surface area (Å²) in [6, 6.07) is 12.3. The van der Waals surface area contributed by atoms with Crippen molar-refractivity contribution in [1.29, 1.82) is 0 Å². The van der Waals surface area contributed by atoms with E-state index in [4.69, 9.17) is 20.8 Å². The minimum Gasteiger partial charge on any atom is -0.497 e. The normalized spacial score (nSPS) is 15.8. The number of piperazine rings is 1. The van der Waals surface area contributed by atoms with Gasteiger partial charge in [0.25, 0.3) is 5.91 Å². The van der Waals surface area contributed by atoms with Crippen molar-refractivity contribution in [3.8, 4) is 5.75 Å². The van der Waals surface area contributed by atoms with Gasteiger partial charge in [0, 0.05) is 48.7 Å². The highest BCUT2D eigenvalue weighted by molar-refractivity contribution is 7.89. The van der Waals surface area contributed by atoms with Gasteiger partial charge >= 0.3 is 0 Å². The van der Waals surface area contributed by atoms with Crippen LogP contribution in [0.3, 0.4) is 0 Å². The molecule has 1 fully saturated rings. The van der Waals surface area contributed by atoms with Crippen LogP contribution in [-0.2, 0) is 10.0 Å². The van der Waals surface area contributed by atoms with Gasteiger partial charge in [0.15, 0.2) is 5.76 Å². The Labute approximate surface area is 189 Å². The highest BCUT2D eigenvalue weighted by Crippen LogP contribution is 2.22. The maximum Gasteiger partial charge on any atom is 0.289 e. The average molecular weight is 478 g/mol. The van der Waals surface area contributed by atoms with Gasteiger partial charge in [0.05, 0.1) is 12.0 Å². The van der Waals surface area contributed by atoms with Gasteiger partial charge in [0.1, 0.15) is 16.7 Å². The Morgan fingerprint density at radius 2 is 1.78 bits per heavy atom. The third kappa shape index (κ3) is 4.16. The summed E-state index contributed by atoms with van der Waals surface area (Å²) in [5.41, 5.74) is 0.326. The third-order valence-electron chi connectivity index (χ3n) is 5.25. The van der Waals surface area contributed by atoms with Crippen molar-refractivity contribution in [3.63, 3.8) is 0 Å². The Hall–Kier alpha value is -3.08. The summed E-state index contributed by atoms with van der Waals surface area (Å²) in [7, 11) is -2.18. The first-order valence-corrected chi connectivity index (χ1v) is 11.5. The molecular formula is C21H20ClN3O6S. The van der Waals surface area contributed by atoms with Crippen LogP contribution in [0.2, 0.25) is 5.02 Å². The van der Waals surface area contributed by atoms with E-state index in [9.17, 15) is 18.4 Å². The lowest BCUT2D eigenvalue weighted by atomic mass is 10.2. The molecule has 168 valence electrons. The molecule has 0 atom stereocenters. The fraction of sp³-hybridized carbons (Fsp3) is 0.238. The summed E-state index contributed by atoms with van der Waals surface area (Å²) in [6.45, 7) is 0.635. The fourth-order valence-electron chi connectivity index (χ4n) is 3.51. The summed E-state index contributed by atoms with van der Waals surface area (Å²) in [4.78, 5) is 14.7. The van der Waals surface area contributed by atoms with Crippen LogP contribution in [0.1, 0.15) is 10.6 Å². The molecule has 1 saturated heterocycles. The number of rotatable bonds is 4. The quantitative estimate of drug-likeness (QED) is 0.456. The average Bonchev–Trinajstić information content (AvgIpc) is 2.82. The molecule has 9 nitrogen and oxygen atoms in total. The van der Waals surface area contributed by atoms with Crippen molar-refractivity contribution in [2.75, 3.05) is 33.3 Å². The molecule has 0 spiro atoms. The van der Waals surface area contributed by atoms with Gasteiger partial charge in [0.2, 0.25) is 10.0 Å². The number of hydrogen-bond acceptors (Lipinski definition) is 7. The number of methoxy groups -OCH3 is 1. The topological polar surface area (TPSA) is 113 Å². The number of sulfonamides is 1. The van der Waals surface area contributed by atoms with E-state index in [1.54, 1.807) is 18.2 Å². The van der Waals surface area contributed by atoms with Gasteiger partial charge in [-0.2, -0.15) is 4.31 Å². The van der Waals surface area contributed by atoms with Crippen molar-refractivity contribution in [2.24, 2.45) is 5.16 Å². The minimum absolute atomic E-state index is 0.0208. The van der Waals surface area contributed by atoms with E-state index in [1.165, 1.54) is 46.6 Å². The number of carbonyl (C=O) groups excluding carboxylic acids is 1.